The highest BCUT2D eigenvalue weighted by Crippen LogP contribution is 2.32. The zero-order valence-electron chi connectivity index (χ0n) is 15.2. The second-order valence-electron chi connectivity index (χ2n) is 6.38. The molecule has 25 heavy (non-hydrogen) atoms. The minimum absolute atomic E-state index is 0.0318. The number of carbonyl (C=O) groups is 2. The number of nitrogens with zero attached hydrogens (tertiary/aromatic N) is 2. The van der Waals surface area contributed by atoms with E-state index in [1.807, 2.05) is 32.3 Å². The molecule has 0 saturated carbocycles. The minimum Gasteiger partial charge on any atom is -0.454 e. The van der Waals surface area contributed by atoms with Gasteiger partial charge >= 0.3 is 0 Å². The Morgan fingerprint density at radius 3 is 2.64 bits per heavy atom. The van der Waals surface area contributed by atoms with Crippen molar-refractivity contribution < 1.29 is 19.1 Å². The van der Waals surface area contributed by atoms with Crippen LogP contribution in [0, 0.1) is 0 Å². The first-order chi connectivity index (χ1) is 12.0. The molecule has 0 aromatic heterocycles. The largest absolute Gasteiger partial charge is 0.454 e. The van der Waals surface area contributed by atoms with Gasteiger partial charge in [0.15, 0.2) is 11.5 Å². The van der Waals surface area contributed by atoms with Crippen LogP contribution in [0.5, 0.6) is 11.5 Å². The van der Waals surface area contributed by atoms with Crippen molar-refractivity contribution in [3.63, 3.8) is 0 Å². The number of rotatable bonds is 9. The van der Waals surface area contributed by atoms with Crippen LogP contribution in [-0.2, 0) is 16.1 Å². The van der Waals surface area contributed by atoms with Crippen LogP contribution in [0.3, 0.4) is 0 Å². The highest BCUT2D eigenvalue weighted by molar-refractivity contribution is 5.78. The van der Waals surface area contributed by atoms with E-state index >= 15 is 0 Å². The van der Waals surface area contributed by atoms with Crippen molar-refractivity contribution in [3.05, 3.63) is 23.8 Å². The highest BCUT2D eigenvalue weighted by atomic mass is 16.7. The molecule has 138 valence electrons. The van der Waals surface area contributed by atoms with Crippen molar-refractivity contribution >= 4 is 11.8 Å². The van der Waals surface area contributed by atoms with Crippen LogP contribution in [0.25, 0.3) is 0 Å². The molecule has 2 amide bonds. The average molecular weight is 349 g/mol. The number of carbonyl (C=O) groups excluding carboxylic acids is 2. The van der Waals surface area contributed by atoms with E-state index in [0.29, 0.717) is 31.8 Å². The van der Waals surface area contributed by atoms with Crippen molar-refractivity contribution in [2.45, 2.75) is 26.3 Å². The Balaban J connectivity index is 1.78. The molecule has 0 bridgehead atoms. The first-order valence-corrected chi connectivity index (χ1v) is 8.51. The average Bonchev–Trinajstić information content (AvgIpc) is 3.02. The first-order valence-electron chi connectivity index (χ1n) is 8.51. The standard InChI is InChI=1S/C18H27N3O4/c1-14(22)21(10-7-18(23)19-8-4-9-20(2)3)12-15-5-6-16-17(11-15)25-13-24-16/h5-6,11H,4,7-10,12-13H2,1-3H3,(H,19,23). The molecule has 0 fully saturated rings. The van der Waals surface area contributed by atoms with E-state index in [1.54, 1.807) is 4.90 Å². The number of nitrogens with one attached hydrogen (secondary N) is 1. The lowest BCUT2D eigenvalue weighted by atomic mass is 10.2. The number of fused-ring (bicyclic) bond motifs is 1. The maximum atomic E-state index is 11.9. The van der Waals surface area contributed by atoms with Crippen molar-refractivity contribution in [3.8, 4) is 11.5 Å². The Bertz CT molecular complexity index is 604. The molecule has 1 N–H and O–H groups in total. The summed E-state index contributed by atoms with van der Waals surface area (Å²) in [6, 6.07) is 5.62. The fourth-order valence-electron chi connectivity index (χ4n) is 2.56. The number of hydrogen-bond acceptors (Lipinski definition) is 5. The fraction of sp³-hybridized carbons (Fsp3) is 0.556. The molecular weight excluding hydrogens is 322 g/mol. The fourth-order valence-corrected chi connectivity index (χ4v) is 2.56. The van der Waals surface area contributed by atoms with Crippen LogP contribution in [-0.4, -0.2) is 62.1 Å². The highest BCUT2D eigenvalue weighted by Gasteiger charge is 2.16. The van der Waals surface area contributed by atoms with Crippen LogP contribution in [0.2, 0.25) is 0 Å². The quantitative estimate of drug-likeness (QED) is 0.679. The van der Waals surface area contributed by atoms with Gasteiger partial charge < -0.3 is 24.6 Å². The molecule has 1 aromatic carbocycles. The molecule has 1 aromatic rings. The Labute approximate surface area is 148 Å². The normalized spacial score (nSPS) is 12.3. The number of ether oxygens (including phenoxy) is 2. The molecular formula is C18H27N3O4. The van der Waals surface area contributed by atoms with E-state index in [1.165, 1.54) is 6.92 Å². The van der Waals surface area contributed by atoms with E-state index in [-0.39, 0.29) is 18.6 Å². The molecule has 1 heterocycles. The Morgan fingerprint density at radius 1 is 1.16 bits per heavy atom. The lowest BCUT2D eigenvalue weighted by Gasteiger charge is -2.21. The summed E-state index contributed by atoms with van der Waals surface area (Å²) in [5.41, 5.74) is 0.950. The van der Waals surface area contributed by atoms with Crippen LogP contribution >= 0.6 is 0 Å². The first kappa shape index (κ1) is 19.1. The van der Waals surface area contributed by atoms with Gasteiger partial charge in [-0.15, -0.1) is 0 Å². The van der Waals surface area contributed by atoms with Gasteiger partial charge in [0.05, 0.1) is 0 Å². The van der Waals surface area contributed by atoms with Crippen LogP contribution in [0.15, 0.2) is 18.2 Å². The van der Waals surface area contributed by atoms with Crippen LogP contribution in [0.1, 0.15) is 25.3 Å². The minimum atomic E-state index is -0.0573. The van der Waals surface area contributed by atoms with Gasteiger partial charge in [-0.2, -0.15) is 0 Å². The third-order valence-corrected chi connectivity index (χ3v) is 3.97. The summed E-state index contributed by atoms with van der Waals surface area (Å²) in [5, 5.41) is 2.89. The van der Waals surface area contributed by atoms with E-state index in [9.17, 15) is 9.59 Å². The Morgan fingerprint density at radius 2 is 1.92 bits per heavy atom. The summed E-state index contributed by atoms with van der Waals surface area (Å²) in [6.07, 6.45) is 1.21. The summed E-state index contributed by atoms with van der Waals surface area (Å²) in [7, 11) is 4.01. The summed E-state index contributed by atoms with van der Waals surface area (Å²) >= 11 is 0. The predicted octanol–water partition coefficient (Wildman–Crippen LogP) is 1.22. The van der Waals surface area contributed by atoms with Crippen molar-refractivity contribution in [1.82, 2.24) is 15.1 Å². The van der Waals surface area contributed by atoms with Gasteiger partial charge in [0.2, 0.25) is 18.6 Å². The lowest BCUT2D eigenvalue weighted by Crippen LogP contribution is -2.34. The maximum Gasteiger partial charge on any atom is 0.231 e. The third-order valence-electron chi connectivity index (χ3n) is 3.97. The van der Waals surface area contributed by atoms with E-state index in [0.717, 1.165) is 24.3 Å². The zero-order chi connectivity index (χ0) is 18.2. The van der Waals surface area contributed by atoms with Gasteiger partial charge in [0.1, 0.15) is 0 Å². The molecule has 0 spiro atoms. The molecule has 0 unspecified atom stereocenters. The number of hydrogen-bond donors (Lipinski definition) is 1. The smallest absolute Gasteiger partial charge is 0.231 e. The van der Waals surface area contributed by atoms with Gasteiger partial charge in [-0.1, -0.05) is 6.07 Å². The number of benzene rings is 1. The second kappa shape index (κ2) is 9.27. The number of amides is 2. The molecule has 0 aliphatic carbocycles. The van der Waals surface area contributed by atoms with Crippen LogP contribution in [0.4, 0.5) is 0 Å². The van der Waals surface area contributed by atoms with E-state index in [4.69, 9.17) is 9.47 Å². The Hall–Kier alpha value is -2.28. The Kier molecular flexibility index (Phi) is 7.06. The molecule has 1 aliphatic heterocycles. The summed E-state index contributed by atoms with van der Waals surface area (Å²) in [4.78, 5) is 27.5. The van der Waals surface area contributed by atoms with Crippen molar-refractivity contribution in [2.75, 3.05) is 40.5 Å². The predicted molar refractivity (Wildman–Crippen MR) is 94.5 cm³/mol. The van der Waals surface area contributed by atoms with Crippen molar-refractivity contribution in [1.29, 1.82) is 0 Å². The SMILES string of the molecule is CC(=O)N(CCC(=O)NCCCN(C)C)Cc1ccc2c(c1)OCO2. The van der Waals surface area contributed by atoms with Gasteiger partial charge in [-0.05, 0) is 44.8 Å². The molecule has 0 atom stereocenters. The maximum absolute atomic E-state index is 11.9. The van der Waals surface area contributed by atoms with E-state index < -0.39 is 0 Å². The topological polar surface area (TPSA) is 71.1 Å². The van der Waals surface area contributed by atoms with Gasteiger partial charge in [0.25, 0.3) is 0 Å². The molecule has 0 saturated heterocycles. The molecule has 2 rings (SSSR count). The summed E-state index contributed by atoms with van der Waals surface area (Å²) < 4.78 is 10.6. The summed E-state index contributed by atoms with van der Waals surface area (Å²) in [6.45, 7) is 4.16. The van der Waals surface area contributed by atoms with Gasteiger partial charge in [-0.3, -0.25) is 9.59 Å². The van der Waals surface area contributed by atoms with Crippen molar-refractivity contribution in [2.24, 2.45) is 0 Å². The van der Waals surface area contributed by atoms with Crippen LogP contribution < -0.4 is 14.8 Å². The molecule has 0 radical (unpaired) electrons. The molecule has 7 nitrogen and oxygen atoms in total. The zero-order valence-corrected chi connectivity index (χ0v) is 15.2. The molecule has 1 aliphatic rings. The third kappa shape index (κ3) is 6.26. The monoisotopic (exact) mass is 349 g/mol. The second-order valence-corrected chi connectivity index (χ2v) is 6.38. The lowest BCUT2D eigenvalue weighted by molar-refractivity contribution is -0.130. The molecule has 7 heteroatoms. The van der Waals surface area contributed by atoms with Gasteiger partial charge in [-0.25, -0.2) is 0 Å². The van der Waals surface area contributed by atoms with E-state index in [2.05, 4.69) is 10.2 Å². The summed E-state index contributed by atoms with van der Waals surface area (Å²) in [5.74, 6) is 1.32. The van der Waals surface area contributed by atoms with Gasteiger partial charge in [0, 0.05) is 33.0 Å².